The third-order valence-electron chi connectivity index (χ3n) is 4.17. The molecule has 100 valence electrons. The zero-order chi connectivity index (χ0) is 13.2. The Bertz CT molecular complexity index is 394. The zero-order valence-electron chi connectivity index (χ0n) is 11.7. The molecule has 1 aromatic rings. The van der Waals surface area contributed by atoms with Crippen molar-refractivity contribution >= 4 is 0 Å². The molecule has 2 rings (SSSR count). The smallest absolute Gasteiger partial charge is 0.0638 e. The summed E-state index contributed by atoms with van der Waals surface area (Å²) < 4.78 is 0. The summed E-state index contributed by atoms with van der Waals surface area (Å²) in [5.41, 5.74) is 5.62. The predicted octanol–water partition coefficient (Wildman–Crippen LogP) is 2.37. The van der Waals surface area contributed by atoms with Crippen molar-refractivity contribution in [1.29, 1.82) is 0 Å². The Balaban J connectivity index is 2.26. The summed E-state index contributed by atoms with van der Waals surface area (Å²) in [7, 11) is 0. The van der Waals surface area contributed by atoms with Gasteiger partial charge in [-0.15, -0.1) is 0 Å². The Morgan fingerprint density at radius 3 is 2.50 bits per heavy atom. The Morgan fingerprint density at radius 1 is 1.28 bits per heavy atom. The maximum atomic E-state index is 5.83. The molecule has 1 heterocycles. The molecule has 0 radical (unpaired) electrons. The van der Waals surface area contributed by atoms with E-state index in [2.05, 4.69) is 55.4 Å². The van der Waals surface area contributed by atoms with E-state index in [4.69, 9.17) is 5.84 Å². The second-order valence-corrected chi connectivity index (χ2v) is 5.86. The van der Waals surface area contributed by atoms with E-state index >= 15 is 0 Å². The molecular formula is C15H25N3. The lowest BCUT2D eigenvalue weighted by molar-refractivity contribution is 0.107. The molecule has 1 aliphatic heterocycles. The van der Waals surface area contributed by atoms with E-state index < -0.39 is 0 Å². The van der Waals surface area contributed by atoms with Crippen LogP contribution in [0.4, 0.5) is 0 Å². The first-order valence-electron chi connectivity index (χ1n) is 6.83. The van der Waals surface area contributed by atoms with Crippen LogP contribution in [0, 0.1) is 6.92 Å². The van der Waals surface area contributed by atoms with E-state index in [9.17, 15) is 0 Å². The Labute approximate surface area is 110 Å². The van der Waals surface area contributed by atoms with Crippen LogP contribution >= 0.6 is 0 Å². The molecule has 0 amide bonds. The van der Waals surface area contributed by atoms with Crippen molar-refractivity contribution < 1.29 is 0 Å². The fourth-order valence-corrected chi connectivity index (χ4v) is 3.03. The van der Waals surface area contributed by atoms with Crippen molar-refractivity contribution in [2.45, 2.75) is 45.2 Å². The number of nitrogens with two attached hydrogens (primary N) is 1. The van der Waals surface area contributed by atoms with Crippen molar-refractivity contribution in [1.82, 2.24) is 10.3 Å². The number of hydrazine groups is 1. The fourth-order valence-electron chi connectivity index (χ4n) is 3.03. The van der Waals surface area contributed by atoms with Gasteiger partial charge in [-0.3, -0.25) is 16.2 Å². The van der Waals surface area contributed by atoms with Gasteiger partial charge in [-0.05, 0) is 52.3 Å². The van der Waals surface area contributed by atoms with Crippen LogP contribution in [0.1, 0.15) is 43.9 Å². The van der Waals surface area contributed by atoms with Gasteiger partial charge in [0.15, 0.2) is 0 Å². The van der Waals surface area contributed by atoms with Gasteiger partial charge in [0.05, 0.1) is 6.04 Å². The van der Waals surface area contributed by atoms with E-state index in [1.165, 1.54) is 37.1 Å². The summed E-state index contributed by atoms with van der Waals surface area (Å²) in [6.07, 6.45) is 2.60. The van der Waals surface area contributed by atoms with Gasteiger partial charge in [0, 0.05) is 5.54 Å². The van der Waals surface area contributed by atoms with Crippen LogP contribution in [0.5, 0.6) is 0 Å². The SMILES string of the molecule is Cc1cccc(C(NN)C(C)(C)N2CCCC2)c1. The second-order valence-electron chi connectivity index (χ2n) is 5.86. The number of nitrogens with one attached hydrogen (secondary N) is 1. The van der Waals surface area contributed by atoms with Crippen LogP contribution in [0.25, 0.3) is 0 Å². The average Bonchev–Trinajstić information content (AvgIpc) is 2.83. The van der Waals surface area contributed by atoms with Gasteiger partial charge in [0.1, 0.15) is 0 Å². The number of likely N-dealkylation sites (tertiary alicyclic amines) is 1. The Hall–Kier alpha value is -0.900. The molecule has 1 unspecified atom stereocenters. The minimum atomic E-state index is 0.0407. The lowest BCUT2D eigenvalue weighted by atomic mass is 9.87. The van der Waals surface area contributed by atoms with E-state index in [0.717, 1.165) is 0 Å². The highest BCUT2D eigenvalue weighted by Gasteiger charge is 2.37. The first-order chi connectivity index (χ1) is 8.55. The van der Waals surface area contributed by atoms with Crippen molar-refractivity contribution in [2.75, 3.05) is 13.1 Å². The van der Waals surface area contributed by atoms with Crippen LogP contribution < -0.4 is 11.3 Å². The number of benzene rings is 1. The molecule has 0 bridgehead atoms. The summed E-state index contributed by atoms with van der Waals surface area (Å²) in [5, 5.41) is 0. The molecule has 3 nitrogen and oxygen atoms in total. The van der Waals surface area contributed by atoms with Crippen LogP contribution in [0.15, 0.2) is 24.3 Å². The molecule has 0 aromatic heterocycles. The van der Waals surface area contributed by atoms with Gasteiger partial charge in [-0.2, -0.15) is 0 Å². The summed E-state index contributed by atoms with van der Waals surface area (Å²) in [6.45, 7) is 9.05. The normalized spacial score (nSPS) is 19.1. The first-order valence-corrected chi connectivity index (χ1v) is 6.83. The van der Waals surface area contributed by atoms with Crippen molar-refractivity contribution in [3.05, 3.63) is 35.4 Å². The highest BCUT2D eigenvalue weighted by Crippen LogP contribution is 2.33. The fraction of sp³-hybridized carbons (Fsp3) is 0.600. The summed E-state index contributed by atoms with van der Waals surface area (Å²) in [5.74, 6) is 5.83. The minimum absolute atomic E-state index is 0.0407. The molecule has 1 aliphatic rings. The quantitative estimate of drug-likeness (QED) is 0.634. The number of aryl methyl sites for hydroxylation is 1. The van der Waals surface area contributed by atoms with Gasteiger partial charge in [0.2, 0.25) is 0 Å². The zero-order valence-corrected chi connectivity index (χ0v) is 11.7. The van der Waals surface area contributed by atoms with Crippen molar-refractivity contribution in [3.63, 3.8) is 0 Å². The Morgan fingerprint density at radius 2 is 1.94 bits per heavy atom. The van der Waals surface area contributed by atoms with Crippen LogP contribution in [-0.2, 0) is 0 Å². The highest BCUT2D eigenvalue weighted by atomic mass is 15.3. The largest absolute Gasteiger partial charge is 0.296 e. The van der Waals surface area contributed by atoms with Gasteiger partial charge < -0.3 is 0 Å². The number of hydrogen-bond acceptors (Lipinski definition) is 3. The topological polar surface area (TPSA) is 41.3 Å². The molecule has 0 saturated carbocycles. The molecule has 3 N–H and O–H groups in total. The molecule has 1 aromatic carbocycles. The van der Waals surface area contributed by atoms with Crippen LogP contribution in [-0.4, -0.2) is 23.5 Å². The van der Waals surface area contributed by atoms with Crippen LogP contribution in [0.2, 0.25) is 0 Å². The van der Waals surface area contributed by atoms with Gasteiger partial charge in [-0.25, -0.2) is 0 Å². The van der Waals surface area contributed by atoms with Crippen LogP contribution in [0.3, 0.4) is 0 Å². The maximum absolute atomic E-state index is 5.83. The Kier molecular flexibility index (Phi) is 4.05. The van der Waals surface area contributed by atoms with E-state index in [-0.39, 0.29) is 11.6 Å². The van der Waals surface area contributed by atoms with Crippen molar-refractivity contribution in [3.8, 4) is 0 Å². The van der Waals surface area contributed by atoms with E-state index in [1.807, 2.05) is 0 Å². The molecule has 3 heteroatoms. The highest BCUT2D eigenvalue weighted by molar-refractivity contribution is 5.27. The van der Waals surface area contributed by atoms with Gasteiger partial charge >= 0.3 is 0 Å². The first kappa shape index (κ1) is 13.5. The van der Waals surface area contributed by atoms with E-state index in [0.29, 0.717) is 0 Å². The number of nitrogens with zero attached hydrogens (tertiary/aromatic N) is 1. The molecule has 0 aliphatic carbocycles. The summed E-state index contributed by atoms with van der Waals surface area (Å²) in [4.78, 5) is 2.54. The number of rotatable bonds is 4. The molecule has 1 saturated heterocycles. The summed E-state index contributed by atoms with van der Waals surface area (Å²) >= 11 is 0. The predicted molar refractivity (Wildman–Crippen MR) is 76.1 cm³/mol. The summed E-state index contributed by atoms with van der Waals surface area (Å²) in [6, 6.07) is 8.78. The monoisotopic (exact) mass is 247 g/mol. The minimum Gasteiger partial charge on any atom is -0.296 e. The number of hydrogen-bond donors (Lipinski definition) is 2. The van der Waals surface area contributed by atoms with Gasteiger partial charge in [0.25, 0.3) is 0 Å². The third kappa shape index (κ3) is 2.58. The lowest BCUT2D eigenvalue weighted by Crippen LogP contribution is -2.53. The van der Waals surface area contributed by atoms with Gasteiger partial charge in [-0.1, -0.05) is 29.8 Å². The third-order valence-corrected chi connectivity index (χ3v) is 4.17. The molecule has 1 fully saturated rings. The van der Waals surface area contributed by atoms with Crippen molar-refractivity contribution in [2.24, 2.45) is 5.84 Å². The maximum Gasteiger partial charge on any atom is 0.0638 e. The average molecular weight is 247 g/mol. The lowest BCUT2D eigenvalue weighted by Gasteiger charge is -2.42. The molecular weight excluding hydrogens is 222 g/mol. The molecule has 18 heavy (non-hydrogen) atoms. The second kappa shape index (κ2) is 5.39. The van der Waals surface area contributed by atoms with E-state index in [1.54, 1.807) is 0 Å². The standard InChI is InChI=1S/C15H25N3/c1-12-7-6-8-13(11-12)14(17-16)15(2,3)18-9-4-5-10-18/h6-8,11,14,17H,4-5,9-10,16H2,1-3H3. The molecule has 0 spiro atoms. The molecule has 1 atom stereocenters.